The normalized spacial score (nSPS) is 14.1. The fourth-order valence-electron chi connectivity index (χ4n) is 4.79. The van der Waals surface area contributed by atoms with Gasteiger partial charge in [-0.3, -0.25) is 4.79 Å². The zero-order valence-electron chi connectivity index (χ0n) is 21.6. The van der Waals surface area contributed by atoms with Crippen LogP contribution in [0.5, 0.6) is 5.75 Å². The fraction of sp³-hybridized carbons (Fsp3) is 0.300. The van der Waals surface area contributed by atoms with Crippen LogP contribution in [0.15, 0.2) is 56.6 Å². The van der Waals surface area contributed by atoms with Crippen LogP contribution < -0.4 is 10.2 Å². The van der Waals surface area contributed by atoms with Crippen LogP contribution in [0.2, 0.25) is 0 Å². The average Bonchev–Trinajstić information content (AvgIpc) is 3.47. The molecule has 7 heteroatoms. The van der Waals surface area contributed by atoms with Crippen LogP contribution in [0.1, 0.15) is 69.5 Å². The molecule has 1 aliphatic rings. The molecule has 0 fully saturated rings. The number of amides is 1. The summed E-state index contributed by atoms with van der Waals surface area (Å²) in [5, 5.41) is 5.36. The Morgan fingerprint density at radius 3 is 2.57 bits per heavy atom. The monoisotopic (exact) mass is 498 g/mol. The molecule has 190 valence electrons. The molecular formula is C30H30N2O5. The van der Waals surface area contributed by atoms with E-state index in [1.807, 2.05) is 45.0 Å². The van der Waals surface area contributed by atoms with Gasteiger partial charge in [0.25, 0.3) is 0 Å². The largest absolute Gasteiger partial charge is 0.464 e. The molecule has 0 atom stereocenters. The third-order valence-electron chi connectivity index (χ3n) is 7.06. The lowest BCUT2D eigenvalue weighted by Gasteiger charge is -2.13. The van der Waals surface area contributed by atoms with Crippen LogP contribution in [-0.4, -0.2) is 17.6 Å². The first-order valence-corrected chi connectivity index (χ1v) is 12.6. The maximum atomic E-state index is 12.9. The summed E-state index contributed by atoms with van der Waals surface area (Å²) in [6.45, 7) is 7.94. The first-order chi connectivity index (χ1) is 17.9. The van der Waals surface area contributed by atoms with E-state index >= 15 is 0 Å². The minimum Gasteiger partial charge on any atom is -0.464 e. The molecular weight excluding hydrogens is 468 g/mol. The van der Waals surface area contributed by atoms with Crippen LogP contribution >= 0.6 is 0 Å². The Bertz CT molecular complexity index is 1520. The minimum absolute atomic E-state index is 0.151. The molecule has 0 unspecified atom stereocenters. The number of hydrogen-bond donors (Lipinski definition) is 1. The van der Waals surface area contributed by atoms with E-state index in [-0.39, 0.29) is 18.1 Å². The highest BCUT2D eigenvalue weighted by Crippen LogP contribution is 2.31. The zero-order chi connectivity index (χ0) is 26.1. The van der Waals surface area contributed by atoms with E-state index in [0.29, 0.717) is 35.6 Å². The standard InChI is InChI=1S/C30H30N2O5/c1-5-20-10-12-22(13-11-20)36-30(34)29-19(4)27-24(7-6-8-25(27)37-29)31-32-26(33)15-21-16-35-28-18(3)17(2)9-14-23(21)28/h9-14,16H,5-8,15H2,1-4H3,(H,32,33)/b31-24+. The Labute approximate surface area is 215 Å². The lowest BCUT2D eigenvalue weighted by Crippen LogP contribution is -2.23. The summed E-state index contributed by atoms with van der Waals surface area (Å²) in [4.78, 5) is 25.6. The first kappa shape index (κ1) is 24.6. The van der Waals surface area contributed by atoms with Crippen molar-refractivity contribution in [3.8, 4) is 5.75 Å². The Morgan fingerprint density at radius 2 is 1.81 bits per heavy atom. The van der Waals surface area contributed by atoms with Crippen LogP contribution in [-0.2, 0) is 24.1 Å². The van der Waals surface area contributed by atoms with Gasteiger partial charge in [0.2, 0.25) is 11.7 Å². The van der Waals surface area contributed by atoms with E-state index in [2.05, 4.69) is 17.5 Å². The summed E-state index contributed by atoms with van der Waals surface area (Å²) in [6, 6.07) is 11.4. The van der Waals surface area contributed by atoms with Crippen molar-refractivity contribution in [1.29, 1.82) is 0 Å². The fourth-order valence-corrected chi connectivity index (χ4v) is 4.79. The van der Waals surface area contributed by atoms with E-state index in [9.17, 15) is 9.59 Å². The lowest BCUT2D eigenvalue weighted by atomic mass is 9.93. The van der Waals surface area contributed by atoms with E-state index in [0.717, 1.165) is 46.1 Å². The number of benzene rings is 2. The number of carbonyl (C=O) groups is 2. The van der Waals surface area contributed by atoms with E-state index < -0.39 is 5.97 Å². The van der Waals surface area contributed by atoms with Crippen LogP contribution in [0.4, 0.5) is 0 Å². The summed E-state index contributed by atoms with van der Waals surface area (Å²) < 4.78 is 17.2. The van der Waals surface area contributed by atoms with Gasteiger partial charge in [0.05, 0.1) is 18.4 Å². The van der Waals surface area contributed by atoms with E-state index in [1.165, 1.54) is 5.56 Å². The highest BCUT2D eigenvalue weighted by atomic mass is 16.5. The molecule has 1 amide bonds. The maximum absolute atomic E-state index is 12.9. The van der Waals surface area contributed by atoms with Gasteiger partial charge in [0.1, 0.15) is 17.1 Å². The van der Waals surface area contributed by atoms with Gasteiger partial charge < -0.3 is 13.6 Å². The molecule has 0 spiro atoms. The number of esters is 1. The number of ether oxygens (including phenoxy) is 1. The van der Waals surface area contributed by atoms with Crippen molar-refractivity contribution in [2.24, 2.45) is 5.10 Å². The molecule has 0 bridgehead atoms. The summed E-state index contributed by atoms with van der Waals surface area (Å²) in [6.07, 6.45) is 4.88. The van der Waals surface area contributed by atoms with Crippen molar-refractivity contribution in [2.75, 3.05) is 0 Å². The predicted octanol–water partition coefficient (Wildman–Crippen LogP) is 6.13. The zero-order valence-corrected chi connectivity index (χ0v) is 21.6. The molecule has 0 radical (unpaired) electrons. The summed E-state index contributed by atoms with van der Waals surface area (Å²) in [5.74, 6) is 0.542. The molecule has 5 rings (SSSR count). The maximum Gasteiger partial charge on any atom is 0.379 e. The number of nitrogens with one attached hydrogen (secondary N) is 1. The highest BCUT2D eigenvalue weighted by molar-refractivity contribution is 6.06. The van der Waals surface area contributed by atoms with Crippen LogP contribution in [0.3, 0.4) is 0 Å². The SMILES string of the molecule is CCc1ccc(OC(=O)c2oc3c(c2C)/C(=N/NC(=O)Cc2coc4c(C)c(C)ccc24)CCC3)cc1. The molecule has 0 saturated carbocycles. The number of hydrazone groups is 1. The molecule has 0 saturated heterocycles. The molecule has 7 nitrogen and oxygen atoms in total. The topological polar surface area (TPSA) is 94.0 Å². The Hall–Kier alpha value is -4.13. The molecule has 2 heterocycles. The quantitative estimate of drug-likeness (QED) is 0.196. The second kappa shape index (κ2) is 10.1. The van der Waals surface area contributed by atoms with Crippen molar-refractivity contribution >= 4 is 28.6 Å². The number of nitrogens with zero attached hydrogens (tertiary/aromatic N) is 1. The smallest absolute Gasteiger partial charge is 0.379 e. The van der Waals surface area contributed by atoms with Crippen LogP contribution in [0.25, 0.3) is 11.0 Å². The first-order valence-electron chi connectivity index (χ1n) is 12.6. The molecule has 2 aromatic carbocycles. The van der Waals surface area contributed by atoms with Gasteiger partial charge in [-0.05, 0) is 68.9 Å². The number of rotatable bonds is 6. The molecule has 2 aromatic heterocycles. The minimum atomic E-state index is -0.545. The van der Waals surface area contributed by atoms with Crippen molar-refractivity contribution in [2.45, 2.75) is 59.8 Å². The van der Waals surface area contributed by atoms with E-state index in [4.69, 9.17) is 13.6 Å². The van der Waals surface area contributed by atoms with Gasteiger partial charge in [0.15, 0.2) is 0 Å². The van der Waals surface area contributed by atoms with Gasteiger partial charge in [-0.25, -0.2) is 10.2 Å². The molecule has 0 aliphatic heterocycles. The second-order valence-electron chi connectivity index (χ2n) is 9.51. The van der Waals surface area contributed by atoms with Crippen molar-refractivity contribution < 1.29 is 23.2 Å². The third-order valence-corrected chi connectivity index (χ3v) is 7.06. The highest BCUT2D eigenvalue weighted by Gasteiger charge is 2.29. The Morgan fingerprint density at radius 1 is 1.03 bits per heavy atom. The molecule has 4 aromatic rings. The third kappa shape index (κ3) is 4.81. The molecule has 1 aliphatic carbocycles. The van der Waals surface area contributed by atoms with Gasteiger partial charge in [-0.2, -0.15) is 5.10 Å². The van der Waals surface area contributed by atoms with Gasteiger partial charge in [-0.15, -0.1) is 0 Å². The number of hydrogen-bond acceptors (Lipinski definition) is 6. The summed E-state index contributed by atoms with van der Waals surface area (Å²) >= 11 is 0. The number of furan rings is 2. The number of fused-ring (bicyclic) bond motifs is 2. The van der Waals surface area contributed by atoms with Gasteiger partial charge >= 0.3 is 5.97 Å². The summed E-state index contributed by atoms with van der Waals surface area (Å²) in [5.41, 5.74) is 9.84. The lowest BCUT2D eigenvalue weighted by molar-refractivity contribution is -0.120. The molecule has 37 heavy (non-hydrogen) atoms. The Balaban J connectivity index is 1.32. The van der Waals surface area contributed by atoms with Crippen LogP contribution in [0, 0.1) is 20.8 Å². The molecule has 1 N–H and O–H groups in total. The predicted molar refractivity (Wildman–Crippen MR) is 141 cm³/mol. The number of carbonyl (C=O) groups excluding carboxylic acids is 2. The van der Waals surface area contributed by atoms with Crippen molar-refractivity contribution in [3.63, 3.8) is 0 Å². The Kier molecular flexibility index (Phi) is 6.70. The van der Waals surface area contributed by atoms with Gasteiger partial charge in [0, 0.05) is 28.5 Å². The number of aryl methyl sites for hydroxylation is 4. The van der Waals surface area contributed by atoms with E-state index in [1.54, 1.807) is 18.4 Å². The summed E-state index contributed by atoms with van der Waals surface area (Å²) in [7, 11) is 0. The van der Waals surface area contributed by atoms with Crippen molar-refractivity contribution in [1.82, 2.24) is 5.43 Å². The second-order valence-corrected chi connectivity index (χ2v) is 9.51. The average molecular weight is 499 g/mol. The van der Waals surface area contributed by atoms with Gasteiger partial charge in [-0.1, -0.05) is 31.2 Å². The van der Waals surface area contributed by atoms with Crippen molar-refractivity contribution in [3.05, 3.63) is 87.6 Å².